The molecule has 120 valence electrons. The van der Waals surface area contributed by atoms with Crippen LogP contribution in [0.25, 0.3) is 0 Å². The predicted octanol–water partition coefficient (Wildman–Crippen LogP) is 3.82. The number of carboxylic acids is 1. The predicted molar refractivity (Wildman–Crippen MR) is 82.3 cm³/mol. The molecule has 0 atom stereocenters. The summed E-state index contributed by atoms with van der Waals surface area (Å²) in [4.78, 5) is 11.1. The normalized spacial score (nSPS) is 11.4. The Balaban J connectivity index is 2.19. The number of para-hydroxylation sites is 1. The number of hydrogen-bond acceptors (Lipinski definition) is 4. The molecule has 0 unspecified atom stereocenters. The van der Waals surface area contributed by atoms with E-state index in [4.69, 9.17) is 5.11 Å². The third kappa shape index (κ3) is 4.50. The number of halogens is 2. The summed E-state index contributed by atoms with van der Waals surface area (Å²) in [7, 11) is 0. The second-order valence-corrected chi connectivity index (χ2v) is 4.57. The molecular formula is C16H14F2N2O3. The van der Waals surface area contributed by atoms with E-state index in [-0.39, 0.29) is 11.3 Å². The van der Waals surface area contributed by atoms with Gasteiger partial charge in [-0.15, -0.1) is 0 Å². The number of aromatic carboxylic acids is 1. The maximum atomic E-state index is 12.2. The van der Waals surface area contributed by atoms with E-state index in [2.05, 4.69) is 15.3 Å². The number of hydrazone groups is 1. The van der Waals surface area contributed by atoms with E-state index >= 15 is 0 Å². The topological polar surface area (TPSA) is 70.9 Å². The van der Waals surface area contributed by atoms with Crippen LogP contribution in [0.5, 0.6) is 5.75 Å². The van der Waals surface area contributed by atoms with Gasteiger partial charge in [-0.1, -0.05) is 24.3 Å². The van der Waals surface area contributed by atoms with Crippen molar-refractivity contribution in [3.05, 3.63) is 59.7 Å². The molecule has 0 aliphatic carbocycles. The van der Waals surface area contributed by atoms with Gasteiger partial charge in [-0.3, -0.25) is 5.43 Å². The zero-order valence-electron chi connectivity index (χ0n) is 12.2. The molecule has 0 heterocycles. The number of ether oxygens (including phenoxy) is 1. The van der Waals surface area contributed by atoms with Crippen molar-refractivity contribution >= 4 is 17.4 Å². The van der Waals surface area contributed by atoms with Crippen molar-refractivity contribution in [2.24, 2.45) is 5.10 Å². The average molecular weight is 320 g/mol. The number of anilines is 1. The smallest absolute Gasteiger partial charge is 0.387 e. The molecule has 2 rings (SSSR count). The summed E-state index contributed by atoms with van der Waals surface area (Å²) in [5.41, 5.74) is 4.15. The third-order valence-corrected chi connectivity index (χ3v) is 2.98. The van der Waals surface area contributed by atoms with E-state index in [0.29, 0.717) is 17.0 Å². The fourth-order valence-electron chi connectivity index (χ4n) is 1.87. The van der Waals surface area contributed by atoms with Crippen LogP contribution < -0.4 is 10.2 Å². The highest BCUT2D eigenvalue weighted by atomic mass is 19.3. The van der Waals surface area contributed by atoms with Crippen molar-refractivity contribution < 1.29 is 23.4 Å². The third-order valence-electron chi connectivity index (χ3n) is 2.98. The molecule has 0 aromatic heterocycles. The van der Waals surface area contributed by atoms with Crippen LogP contribution in [-0.2, 0) is 0 Å². The Morgan fingerprint density at radius 3 is 2.65 bits per heavy atom. The molecule has 0 radical (unpaired) electrons. The van der Waals surface area contributed by atoms with Crippen LogP contribution in [0.2, 0.25) is 0 Å². The quantitative estimate of drug-likeness (QED) is 0.627. The first-order valence-corrected chi connectivity index (χ1v) is 6.65. The molecule has 2 N–H and O–H groups in total. The average Bonchev–Trinajstić information content (AvgIpc) is 2.52. The van der Waals surface area contributed by atoms with Gasteiger partial charge in [-0.25, -0.2) is 4.79 Å². The van der Waals surface area contributed by atoms with Crippen LogP contribution in [0.1, 0.15) is 22.8 Å². The molecular weight excluding hydrogens is 306 g/mol. The van der Waals surface area contributed by atoms with E-state index in [0.717, 1.165) is 0 Å². The monoisotopic (exact) mass is 320 g/mol. The molecule has 0 aliphatic rings. The van der Waals surface area contributed by atoms with Crippen molar-refractivity contribution in [3.63, 3.8) is 0 Å². The van der Waals surface area contributed by atoms with Gasteiger partial charge >= 0.3 is 12.6 Å². The van der Waals surface area contributed by atoms with Gasteiger partial charge in [-0.05, 0) is 31.2 Å². The maximum absolute atomic E-state index is 12.2. The summed E-state index contributed by atoms with van der Waals surface area (Å²) < 4.78 is 28.8. The fraction of sp³-hybridized carbons (Fsp3) is 0.125. The summed E-state index contributed by atoms with van der Waals surface area (Å²) >= 11 is 0. The summed E-state index contributed by atoms with van der Waals surface area (Å²) in [5.74, 6) is -1.05. The SMILES string of the molecule is CC(=NNc1ccccc1C(=O)O)c1cccc(OC(F)F)c1. The lowest BCUT2D eigenvalue weighted by Gasteiger charge is -2.08. The second-order valence-electron chi connectivity index (χ2n) is 4.57. The molecule has 0 amide bonds. The van der Waals surface area contributed by atoms with Gasteiger partial charge in [-0.2, -0.15) is 13.9 Å². The minimum Gasteiger partial charge on any atom is -0.478 e. The first kappa shape index (κ1) is 16.4. The Bertz CT molecular complexity index is 733. The molecule has 7 heteroatoms. The van der Waals surface area contributed by atoms with Crippen LogP contribution in [0, 0.1) is 0 Å². The van der Waals surface area contributed by atoms with Gasteiger partial charge in [0.15, 0.2) is 0 Å². The van der Waals surface area contributed by atoms with E-state index in [9.17, 15) is 13.6 Å². The Labute approximate surface area is 131 Å². The number of carboxylic acid groups (broad SMARTS) is 1. The highest BCUT2D eigenvalue weighted by Gasteiger charge is 2.09. The van der Waals surface area contributed by atoms with Gasteiger partial charge in [0, 0.05) is 5.56 Å². The molecule has 2 aromatic rings. The lowest BCUT2D eigenvalue weighted by atomic mass is 10.1. The number of benzene rings is 2. The molecule has 0 saturated carbocycles. The van der Waals surface area contributed by atoms with Crippen LogP contribution in [0.3, 0.4) is 0 Å². The highest BCUT2D eigenvalue weighted by Crippen LogP contribution is 2.18. The second kappa shape index (κ2) is 7.35. The maximum Gasteiger partial charge on any atom is 0.387 e. The van der Waals surface area contributed by atoms with E-state index in [1.165, 1.54) is 18.2 Å². The summed E-state index contributed by atoms with van der Waals surface area (Å²) in [6.07, 6.45) is 0. The number of rotatable bonds is 6. The van der Waals surface area contributed by atoms with Crippen LogP contribution in [-0.4, -0.2) is 23.4 Å². The van der Waals surface area contributed by atoms with Gasteiger partial charge in [0.2, 0.25) is 0 Å². The molecule has 0 fully saturated rings. The van der Waals surface area contributed by atoms with Crippen molar-refractivity contribution in [3.8, 4) is 5.75 Å². The van der Waals surface area contributed by atoms with Crippen LogP contribution in [0.4, 0.5) is 14.5 Å². The molecule has 0 spiro atoms. The summed E-state index contributed by atoms with van der Waals surface area (Å²) in [6, 6.07) is 12.4. The van der Waals surface area contributed by atoms with Gasteiger partial charge in [0.25, 0.3) is 0 Å². The Morgan fingerprint density at radius 1 is 1.22 bits per heavy atom. The lowest BCUT2D eigenvalue weighted by Crippen LogP contribution is -2.06. The zero-order chi connectivity index (χ0) is 16.8. The van der Waals surface area contributed by atoms with Gasteiger partial charge in [0.05, 0.1) is 17.0 Å². The minimum atomic E-state index is -2.90. The highest BCUT2D eigenvalue weighted by molar-refractivity contribution is 6.00. The Hall–Kier alpha value is -2.96. The van der Waals surface area contributed by atoms with E-state index in [1.807, 2.05) is 0 Å². The summed E-state index contributed by atoms with van der Waals surface area (Å²) in [5, 5.41) is 13.2. The van der Waals surface area contributed by atoms with Crippen molar-refractivity contribution in [2.45, 2.75) is 13.5 Å². The van der Waals surface area contributed by atoms with Crippen molar-refractivity contribution in [1.29, 1.82) is 0 Å². The number of carbonyl (C=O) groups is 1. The fourth-order valence-corrected chi connectivity index (χ4v) is 1.87. The largest absolute Gasteiger partial charge is 0.478 e. The first-order valence-electron chi connectivity index (χ1n) is 6.65. The standard InChI is InChI=1S/C16H14F2N2O3/c1-10(11-5-4-6-12(9-11)23-16(17)18)19-20-14-8-3-2-7-13(14)15(21)22/h2-9,16,20H,1H3,(H,21,22). The zero-order valence-corrected chi connectivity index (χ0v) is 12.2. The molecule has 0 saturated heterocycles. The summed E-state index contributed by atoms with van der Waals surface area (Å²) in [6.45, 7) is -1.24. The molecule has 0 aliphatic heterocycles. The van der Waals surface area contributed by atoms with Crippen LogP contribution in [0.15, 0.2) is 53.6 Å². The van der Waals surface area contributed by atoms with Crippen molar-refractivity contribution in [1.82, 2.24) is 0 Å². The number of nitrogens with one attached hydrogen (secondary N) is 1. The van der Waals surface area contributed by atoms with E-state index < -0.39 is 12.6 Å². The van der Waals surface area contributed by atoms with Crippen molar-refractivity contribution in [2.75, 3.05) is 5.43 Å². The Morgan fingerprint density at radius 2 is 1.96 bits per heavy atom. The molecule has 5 nitrogen and oxygen atoms in total. The number of nitrogens with zero attached hydrogens (tertiary/aromatic N) is 1. The number of hydrogen-bond donors (Lipinski definition) is 2. The molecule has 23 heavy (non-hydrogen) atoms. The first-order chi connectivity index (χ1) is 11.0. The van der Waals surface area contributed by atoms with Gasteiger partial charge in [0.1, 0.15) is 5.75 Å². The number of alkyl halides is 2. The minimum absolute atomic E-state index is 0.0259. The van der Waals surface area contributed by atoms with E-state index in [1.54, 1.807) is 37.3 Å². The lowest BCUT2D eigenvalue weighted by molar-refractivity contribution is -0.0498. The molecule has 0 bridgehead atoms. The molecule has 2 aromatic carbocycles. The van der Waals surface area contributed by atoms with Crippen LogP contribution >= 0.6 is 0 Å². The Kier molecular flexibility index (Phi) is 5.24. The van der Waals surface area contributed by atoms with Gasteiger partial charge < -0.3 is 9.84 Å².